The number of fused-ring (bicyclic) bond motifs is 9. The third kappa shape index (κ3) is 5.46. The van der Waals surface area contributed by atoms with Crippen LogP contribution in [0.25, 0.3) is 61.5 Å². The Kier molecular flexibility index (Phi) is 8.16. The molecule has 0 saturated heterocycles. The fourth-order valence-electron chi connectivity index (χ4n) is 8.15. The molecule has 0 saturated carbocycles. The molecule has 59 heavy (non-hydrogen) atoms. The second-order valence-electron chi connectivity index (χ2n) is 14.0. The smallest absolute Gasteiger partial charge is 0.503 e. The van der Waals surface area contributed by atoms with Crippen LogP contribution < -0.4 is 14.4 Å². The molecule has 1 aliphatic heterocycles. The Balaban J connectivity index is 0.00000397. The van der Waals surface area contributed by atoms with E-state index in [1.165, 1.54) is 0 Å². The van der Waals surface area contributed by atoms with Gasteiger partial charge in [0.15, 0.2) is 17.3 Å². The number of nitrogens with zero attached hydrogens (tertiary/aromatic N) is 7. The van der Waals surface area contributed by atoms with E-state index in [-0.39, 0.29) is 21.1 Å². The fraction of sp³-hybridized carbons (Fsp3) is 0. The first-order chi connectivity index (χ1) is 28.8. The minimum atomic E-state index is 0. The number of ether oxygens (including phenoxy) is 2. The zero-order valence-corrected chi connectivity index (χ0v) is 33.3. The molecule has 0 bridgehead atoms. The van der Waals surface area contributed by atoms with E-state index in [9.17, 15) is 0 Å². The SMILES string of the molecule is [Pt+2].[c-]1c(Oc2[c-]c3c(cc2)n2c4ccccc4nc2n3-c2ccccn2)cccc1-c1nccc2c1c1c(n2-c2ccccc2)N(c2ccccc2)c2ccccc2O1. The number of aromatic nitrogens is 6. The van der Waals surface area contributed by atoms with Crippen LogP contribution in [0.3, 0.4) is 0 Å². The molecule has 5 aromatic heterocycles. The minimum Gasteiger partial charge on any atom is -0.503 e. The van der Waals surface area contributed by atoms with Crippen molar-refractivity contribution < 1.29 is 30.5 Å². The van der Waals surface area contributed by atoms with E-state index >= 15 is 0 Å². The molecule has 10 heteroatoms. The van der Waals surface area contributed by atoms with Crippen LogP contribution in [0.5, 0.6) is 23.0 Å². The van der Waals surface area contributed by atoms with Crippen molar-refractivity contribution in [1.29, 1.82) is 0 Å². The Morgan fingerprint density at radius 1 is 0.559 bits per heavy atom. The van der Waals surface area contributed by atoms with E-state index in [1.54, 1.807) is 6.20 Å². The molecular weight excluding hydrogens is 914 g/mol. The molecular formula is C49H29N7O2Pt. The quantitative estimate of drug-likeness (QED) is 0.155. The van der Waals surface area contributed by atoms with Crippen LogP contribution in [-0.2, 0) is 21.1 Å². The van der Waals surface area contributed by atoms with Crippen LogP contribution in [0, 0.1) is 12.1 Å². The van der Waals surface area contributed by atoms with Gasteiger partial charge in [0.05, 0.1) is 22.2 Å². The predicted octanol–water partition coefficient (Wildman–Crippen LogP) is 11.8. The van der Waals surface area contributed by atoms with Crippen molar-refractivity contribution in [3.05, 3.63) is 188 Å². The van der Waals surface area contributed by atoms with Gasteiger partial charge in [0, 0.05) is 46.3 Å². The summed E-state index contributed by atoms with van der Waals surface area (Å²) in [6.07, 6.45) is 3.63. The molecule has 0 aliphatic carbocycles. The number of hydrogen-bond donors (Lipinski definition) is 0. The van der Waals surface area contributed by atoms with Crippen LogP contribution >= 0.6 is 0 Å². The number of imidazole rings is 2. The monoisotopic (exact) mass is 942 g/mol. The van der Waals surface area contributed by atoms with Crippen molar-refractivity contribution in [2.24, 2.45) is 0 Å². The van der Waals surface area contributed by atoms with Crippen molar-refractivity contribution in [1.82, 2.24) is 28.5 Å². The third-order valence-electron chi connectivity index (χ3n) is 10.6. The predicted molar refractivity (Wildman–Crippen MR) is 226 cm³/mol. The number of benzene rings is 6. The molecule has 0 atom stereocenters. The number of rotatable bonds is 6. The first-order valence-electron chi connectivity index (χ1n) is 19.0. The number of pyridine rings is 2. The summed E-state index contributed by atoms with van der Waals surface area (Å²) >= 11 is 0. The topological polar surface area (TPSA) is 74.6 Å². The summed E-state index contributed by atoms with van der Waals surface area (Å²) in [6.45, 7) is 0. The van der Waals surface area contributed by atoms with Gasteiger partial charge in [-0.3, -0.25) is 14.0 Å². The number of hydrogen-bond acceptors (Lipinski definition) is 6. The minimum absolute atomic E-state index is 0. The Morgan fingerprint density at radius 2 is 1.32 bits per heavy atom. The van der Waals surface area contributed by atoms with E-state index in [0.29, 0.717) is 17.2 Å². The first-order valence-corrected chi connectivity index (χ1v) is 19.0. The molecule has 9 nitrogen and oxygen atoms in total. The van der Waals surface area contributed by atoms with Crippen molar-refractivity contribution in [2.45, 2.75) is 0 Å². The molecule has 0 amide bonds. The summed E-state index contributed by atoms with van der Waals surface area (Å²) in [5.74, 6) is 4.87. The van der Waals surface area contributed by atoms with Gasteiger partial charge in [-0.1, -0.05) is 72.8 Å². The molecule has 6 heterocycles. The van der Waals surface area contributed by atoms with Gasteiger partial charge in [0.1, 0.15) is 5.82 Å². The van der Waals surface area contributed by atoms with Gasteiger partial charge in [0.25, 0.3) is 0 Å². The van der Waals surface area contributed by atoms with E-state index in [2.05, 4.69) is 91.6 Å². The number of anilines is 3. The van der Waals surface area contributed by atoms with Crippen molar-refractivity contribution >= 4 is 55.9 Å². The largest absolute Gasteiger partial charge is 2.00 e. The molecule has 0 unspecified atom stereocenters. The normalized spacial score (nSPS) is 12.0. The van der Waals surface area contributed by atoms with Gasteiger partial charge in [-0.25, -0.2) is 9.97 Å². The van der Waals surface area contributed by atoms with Crippen LogP contribution in [-0.4, -0.2) is 28.5 Å². The average Bonchev–Trinajstić information content (AvgIpc) is 3.93. The van der Waals surface area contributed by atoms with Crippen LogP contribution in [0.4, 0.5) is 17.2 Å². The van der Waals surface area contributed by atoms with Crippen LogP contribution in [0.15, 0.2) is 176 Å². The Hall–Kier alpha value is -7.48. The Labute approximate surface area is 352 Å². The molecule has 6 aromatic carbocycles. The van der Waals surface area contributed by atoms with E-state index in [1.807, 2.05) is 114 Å². The average molecular weight is 943 g/mol. The van der Waals surface area contributed by atoms with Crippen LogP contribution in [0.1, 0.15) is 0 Å². The van der Waals surface area contributed by atoms with Gasteiger partial charge >= 0.3 is 21.1 Å². The standard InChI is InChI=1S/C49H29N7O2.Pt/c1-3-15-33(16-4-1)53-40-22-9-10-23-43(40)58-47-45-41(54(48(47)53)34-17-5-2-6-18-34)27-29-51-46(45)32-14-13-19-35(30-32)57-36-25-26-39-42(31-36)56(44-24-11-12-28-50-44)49-52-37-20-7-8-21-38(37)55(39)49;/h1-29H;/q-2;+2. The summed E-state index contributed by atoms with van der Waals surface area (Å²) in [6, 6.07) is 61.8. The van der Waals surface area contributed by atoms with Gasteiger partial charge in [-0.15, -0.1) is 42.0 Å². The zero-order chi connectivity index (χ0) is 38.2. The van der Waals surface area contributed by atoms with Gasteiger partial charge < -0.3 is 18.9 Å². The van der Waals surface area contributed by atoms with E-state index in [4.69, 9.17) is 19.4 Å². The molecule has 11 aromatic rings. The molecule has 0 radical (unpaired) electrons. The summed E-state index contributed by atoms with van der Waals surface area (Å²) in [4.78, 5) is 16.9. The first kappa shape index (κ1) is 34.7. The summed E-state index contributed by atoms with van der Waals surface area (Å²) in [5.41, 5.74) is 9.02. The van der Waals surface area contributed by atoms with E-state index < -0.39 is 0 Å². The number of para-hydroxylation sites is 6. The summed E-state index contributed by atoms with van der Waals surface area (Å²) in [5, 5.41) is 0.863. The maximum absolute atomic E-state index is 6.90. The molecule has 0 spiro atoms. The molecule has 1 aliphatic rings. The summed E-state index contributed by atoms with van der Waals surface area (Å²) in [7, 11) is 0. The van der Waals surface area contributed by atoms with Gasteiger partial charge in [-0.2, -0.15) is 0 Å². The second-order valence-corrected chi connectivity index (χ2v) is 14.0. The van der Waals surface area contributed by atoms with Crippen molar-refractivity contribution in [3.63, 3.8) is 0 Å². The Morgan fingerprint density at radius 3 is 2.17 bits per heavy atom. The molecule has 12 rings (SSSR count). The van der Waals surface area contributed by atoms with Crippen molar-refractivity contribution in [2.75, 3.05) is 4.90 Å². The van der Waals surface area contributed by atoms with Gasteiger partial charge in [-0.05, 0) is 77.8 Å². The van der Waals surface area contributed by atoms with E-state index in [0.717, 1.165) is 84.5 Å². The maximum atomic E-state index is 6.90. The maximum Gasteiger partial charge on any atom is 2.00 e. The summed E-state index contributed by atoms with van der Waals surface area (Å²) < 4.78 is 19.9. The van der Waals surface area contributed by atoms with Crippen molar-refractivity contribution in [3.8, 4) is 45.8 Å². The zero-order valence-electron chi connectivity index (χ0n) is 31.0. The third-order valence-corrected chi connectivity index (χ3v) is 10.6. The Bertz CT molecular complexity index is 3360. The molecule has 0 fully saturated rings. The second kappa shape index (κ2) is 13.9. The molecule has 282 valence electrons. The van der Waals surface area contributed by atoms with Crippen LogP contribution in [0.2, 0.25) is 0 Å². The van der Waals surface area contributed by atoms with Gasteiger partial charge in [0.2, 0.25) is 5.78 Å². The fourth-order valence-corrected chi connectivity index (χ4v) is 8.15. The molecule has 0 N–H and O–H groups in total.